The number of aliphatic hydroxyl groups excluding tert-OH is 1. The molecule has 0 rings (SSSR count). The van der Waals surface area contributed by atoms with Gasteiger partial charge in [0.15, 0.2) is 0 Å². The first kappa shape index (κ1) is 23.7. The van der Waals surface area contributed by atoms with Gasteiger partial charge in [0, 0.05) is 32.7 Å². The molecule has 0 atom stereocenters. The van der Waals surface area contributed by atoms with Crippen molar-refractivity contribution in [3.63, 3.8) is 0 Å². The van der Waals surface area contributed by atoms with E-state index in [2.05, 4.69) is 25.3 Å². The predicted octanol–water partition coefficient (Wildman–Crippen LogP) is -3.34. The minimum Gasteiger partial charge on any atom is -0.518 e. The summed E-state index contributed by atoms with van der Waals surface area (Å²) in [5.74, 6) is -1.41. The van der Waals surface area contributed by atoms with E-state index in [-0.39, 0.29) is 50.1 Å². The molecule has 0 aromatic rings. The maximum Gasteiger partial charge on any atom is 0.264 e. The molecule has 9 nitrogen and oxygen atoms in total. The maximum atomic E-state index is 10.3. The number of aliphatic hydroxyl groups is 1. The molecule has 0 aliphatic carbocycles. The zero-order valence-electron chi connectivity index (χ0n) is 9.67. The second kappa shape index (κ2) is 17.6. The van der Waals surface area contributed by atoms with Crippen molar-refractivity contribution >= 4 is 49.4 Å². The van der Waals surface area contributed by atoms with Gasteiger partial charge in [-0.05, 0) is 0 Å². The molecule has 5 N–H and O–H groups in total. The molecule has 0 unspecified atom stereocenters. The average Bonchev–Trinajstić information content (AvgIpc) is 2.41. The van der Waals surface area contributed by atoms with Crippen molar-refractivity contribution < 1.29 is 57.0 Å². The fraction of sp³-hybridized carbons (Fsp3) is 0.429. The van der Waals surface area contributed by atoms with Crippen LogP contribution >= 0.6 is 25.3 Å². The van der Waals surface area contributed by atoms with E-state index >= 15 is 0 Å². The Kier molecular flexibility index (Phi) is 22.0. The Bertz CT molecular complexity index is 279. The summed E-state index contributed by atoms with van der Waals surface area (Å²) in [7, 11) is 0. The van der Waals surface area contributed by atoms with Crippen molar-refractivity contribution in [1.82, 2.24) is 21.7 Å². The number of hydrogen-bond donors (Lipinski definition) is 7. The number of thiol groups is 2. The molecule has 19 heavy (non-hydrogen) atoms. The Morgan fingerprint density at radius 3 is 1.74 bits per heavy atom. The summed E-state index contributed by atoms with van der Waals surface area (Å²) < 4.78 is 0. The summed E-state index contributed by atoms with van der Waals surface area (Å²) >= 11 is 7.23. The molecule has 1 radical (unpaired) electrons. The summed E-state index contributed by atoms with van der Waals surface area (Å²) in [6, 6.07) is 0. The number of hydrogen-bond acceptors (Lipinski definition) is 7. The van der Waals surface area contributed by atoms with Crippen molar-refractivity contribution in [3.8, 4) is 0 Å². The summed E-state index contributed by atoms with van der Waals surface area (Å²) in [4.78, 5) is 40.1. The molecule has 0 aromatic carbocycles. The van der Waals surface area contributed by atoms with Crippen LogP contribution in [0.3, 0.4) is 0 Å². The molecule has 4 amide bonds. The predicted molar refractivity (Wildman–Crippen MR) is 68.0 cm³/mol. The Morgan fingerprint density at radius 1 is 0.947 bits per heavy atom. The van der Waals surface area contributed by atoms with Crippen LogP contribution in [-0.2, 0) is 51.9 Å². The zero-order chi connectivity index (χ0) is 14.4. The van der Waals surface area contributed by atoms with Gasteiger partial charge in [-0.2, -0.15) is 25.3 Å². The SMILES string of the molecule is O=C(CO)NNC(=O)CS.O=[C-]NNC(=O)CS.[Y]. The topological polar surface area (TPSA) is 137 Å². The Hall–Kier alpha value is -0.356. The summed E-state index contributed by atoms with van der Waals surface area (Å²) in [6.07, 6.45) is 1.27. The first-order valence-electron chi connectivity index (χ1n) is 4.33. The van der Waals surface area contributed by atoms with Crippen LogP contribution in [0.1, 0.15) is 0 Å². The van der Waals surface area contributed by atoms with Crippen molar-refractivity contribution in [2.45, 2.75) is 0 Å². The van der Waals surface area contributed by atoms with Crippen molar-refractivity contribution in [3.05, 3.63) is 0 Å². The summed E-state index contributed by atoms with van der Waals surface area (Å²) in [6.45, 7) is -0.646. The zero-order valence-corrected chi connectivity index (χ0v) is 14.3. The Labute approximate surface area is 145 Å². The van der Waals surface area contributed by atoms with E-state index in [1.54, 1.807) is 0 Å². The van der Waals surface area contributed by atoms with Crippen LogP contribution in [0.2, 0.25) is 0 Å². The van der Waals surface area contributed by atoms with Gasteiger partial charge in [0.2, 0.25) is 11.8 Å². The van der Waals surface area contributed by atoms with Gasteiger partial charge in [0.1, 0.15) is 6.61 Å². The van der Waals surface area contributed by atoms with Gasteiger partial charge >= 0.3 is 0 Å². The molecular weight excluding hydrogens is 373 g/mol. The number of nitrogens with one attached hydrogen (secondary N) is 4. The van der Waals surface area contributed by atoms with Crippen LogP contribution in [-0.4, -0.2) is 47.4 Å². The van der Waals surface area contributed by atoms with Crippen LogP contribution in [0.5, 0.6) is 0 Å². The van der Waals surface area contributed by atoms with Gasteiger partial charge in [-0.25, -0.2) is 0 Å². The molecule has 0 spiro atoms. The fourth-order valence-corrected chi connectivity index (χ4v) is 0.511. The van der Waals surface area contributed by atoms with E-state index in [0.717, 1.165) is 0 Å². The van der Waals surface area contributed by atoms with E-state index in [0.29, 0.717) is 0 Å². The minimum absolute atomic E-state index is 0. The van der Waals surface area contributed by atoms with Gasteiger partial charge in [-0.3, -0.25) is 30.7 Å². The Balaban J connectivity index is -0.000000262. The van der Waals surface area contributed by atoms with Crippen LogP contribution in [0.4, 0.5) is 0 Å². The third-order valence-corrected chi connectivity index (χ3v) is 1.60. The number of hydrazine groups is 2. The van der Waals surface area contributed by atoms with E-state index < -0.39 is 18.4 Å². The standard InChI is InChI=1S/C4H8N2O3S.C3H5N2O2S.Y/c7-1-3(8)5-6-4(9)2-10;6-2-4-5-3(7)1-8;/h7,10H,1-2H2,(H,5,8)(H,6,9);8H,1H2,(H,4,6)(H,5,7);/q;-1;. The molecule has 107 valence electrons. The van der Waals surface area contributed by atoms with E-state index in [4.69, 9.17) is 5.11 Å². The molecular formula is C7H13N4O5S2Y-. The molecule has 0 saturated carbocycles. The largest absolute Gasteiger partial charge is 0.518 e. The Morgan fingerprint density at radius 2 is 1.37 bits per heavy atom. The molecule has 0 bridgehead atoms. The quantitative estimate of drug-likeness (QED) is 0.115. The second-order valence-electron chi connectivity index (χ2n) is 2.35. The van der Waals surface area contributed by atoms with Crippen LogP contribution in [0, 0.1) is 0 Å². The van der Waals surface area contributed by atoms with E-state index in [1.165, 1.54) is 6.41 Å². The fourth-order valence-electron chi connectivity index (χ4n) is 0.353. The number of carbonyl (C=O) groups is 3. The molecule has 0 aromatic heterocycles. The molecule has 0 heterocycles. The van der Waals surface area contributed by atoms with Crippen LogP contribution in [0.25, 0.3) is 0 Å². The summed E-state index contributed by atoms with van der Waals surface area (Å²) in [5, 5.41) is 8.14. The third-order valence-electron chi connectivity index (χ3n) is 1.03. The van der Waals surface area contributed by atoms with Crippen LogP contribution < -0.4 is 21.7 Å². The van der Waals surface area contributed by atoms with Gasteiger partial charge in [0.05, 0.1) is 11.5 Å². The minimum atomic E-state index is -0.657. The molecule has 0 fully saturated rings. The average molecular weight is 386 g/mol. The van der Waals surface area contributed by atoms with Gasteiger partial charge in [-0.1, -0.05) is 0 Å². The molecule has 0 aliphatic rings. The first-order chi connectivity index (χ1) is 8.51. The molecule has 12 heteroatoms. The van der Waals surface area contributed by atoms with Crippen LogP contribution in [0.15, 0.2) is 0 Å². The first-order valence-corrected chi connectivity index (χ1v) is 5.59. The normalized spacial score (nSPS) is 7.74. The monoisotopic (exact) mass is 386 g/mol. The summed E-state index contributed by atoms with van der Waals surface area (Å²) in [5.41, 5.74) is 7.79. The van der Waals surface area contributed by atoms with Gasteiger partial charge in [-0.15, -0.1) is 6.41 Å². The third kappa shape index (κ3) is 20.1. The van der Waals surface area contributed by atoms with E-state index in [9.17, 15) is 19.2 Å². The molecule has 0 aliphatic heterocycles. The van der Waals surface area contributed by atoms with Crippen molar-refractivity contribution in [2.24, 2.45) is 0 Å². The maximum absolute atomic E-state index is 10.3. The smallest absolute Gasteiger partial charge is 0.264 e. The van der Waals surface area contributed by atoms with E-state index in [1.807, 2.05) is 21.7 Å². The number of rotatable bonds is 5. The number of carbonyl (C=O) groups excluding carboxylic acids is 4. The second-order valence-corrected chi connectivity index (χ2v) is 2.98. The van der Waals surface area contributed by atoms with Crippen molar-refractivity contribution in [1.29, 1.82) is 0 Å². The number of amides is 4. The molecule has 0 saturated heterocycles. The van der Waals surface area contributed by atoms with Gasteiger partial charge < -0.3 is 15.3 Å². The van der Waals surface area contributed by atoms with Gasteiger partial charge in [0.25, 0.3) is 5.91 Å². The van der Waals surface area contributed by atoms with Crippen molar-refractivity contribution in [2.75, 3.05) is 18.1 Å².